The van der Waals surface area contributed by atoms with E-state index >= 15 is 0 Å². The Morgan fingerprint density at radius 1 is 1.50 bits per heavy atom. The van der Waals surface area contributed by atoms with Crippen LogP contribution in [0.5, 0.6) is 5.75 Å². The van der Waals surface area contributed by atoms with Crippen LogP contribution < -0.4 is 4.74 Å². The lowest BCUT2D eigenvalue weighted by Crippen LogP contribution is -1.96. The van der Waals surface area contributed by atoms with Gasteiger partial charge in [0.15, 0.2) is 5.69 Å². The summed E-state index contributed by atoms with van der Waals surface area (Å²) in [5, 5.41) is 11.1. The number of hydrogen-bond acceptors (Lipinski definition) is 4. The Balaban J connectivity index is 2.50. The highest BCUT2D eigenvalue weighted by Gasteiger charge is 2.14. The average Bonchev–Trinajstić information content (AvgIpc) is 2.87. The third-order valence-electron chi connectivity index (χ3n) is 2.63. The molecule has 2 rings (SSSR count). The number of carboxylic acids is 1. The molecule has 1 aromatic heterocycles. The molecule has 0 aliphatic carbocycles. The molecule has 0 spiro atoms. The highest BCUT2D eigenvalue weighted by molar-refractivity contribution is 7.13. The number of hydrogen-bond donors (Lipinski definition) is 1. The van der Waals surface area contributed by atoms with E-state index in [1.165, 1.54) is 16.7 Å². The van der Waals surface area contributed by atoms with Crippen LogP contribution in [0.3, 0.4) is 0 Å². The molecule has 94 valence electrons. The Morgan fingerprint density at radius 2 is 2.28 bits per heavy atom. The first kappa shape index (κ1) is 12.6. The molecule has 0 saturated carbocycles. The standard InChI is InChI=1S/C13H13NO3S/c1-3-8-4-5-11(17-2)9(6-8)12-14-10(7-18-12)13(15)16/h4-7H,3H2,1-2H3,(H,15,16). The minimum Gasteiger partial charge on any atom is -0.496 e. The van der Waals surface area contributed by atoms with E-state index in [9.17, 15) is 4.79 Å². The van der Waals surface area contributed by atoms with Crippen molar-refractivity contribution in [3.8, 4) is 16.3 Å². The molecule has 0 fully saturated rings. The molecule has 0 saturated heterocycles. The maximum atomic E-state index is 10.8. The van der Waals surface area contributed by atoms with Gasteiger partial charge in [-0.3, -0.25) is 0 Å². The molecular formula is C13H13NO3S. The zero-order valence-corrected chi connectivity index (χ0v) is 11.0. The first-order chi connectivity index (χ1) is 8.65. The minimum atomic E-state index is -1.01. The van der Waals surface area contributed by atoms with Crippen LogP contribution in [0.2, 0.25) is 0 Å². The molecule has 1 N–H and O–H groups in total. The quantitative estimate of drug-likeness (QED) is 0.920. The van der Waals surface area contributed by atoms with E-state index in [-0.39, 0.29) is 5.69 Å². The van der Waals surface area contributed by atoms with Gasteiger partial charge in [0, 0.05) is 5.38 Å². The first-order valence-electron chi connectivity index (χ1n) is 5.51. The summed E-state index contributed by atoms with van der Waals surface area (Å²) < 4.78 is 5.29. The summed E-state index contributed by atoms with van der Waals surface area (Å²) in [6, 6.07) is 5.87. The van der Waals surface area contributed by atoms with Gasteiger partial charge in [-0.2, -0.15) is 0 Å². The highest BCUT2D eigenvalue weighted by Crippen LogP contribution is 2.33. The van der Waals surface area contributed by atoms with E-state index in [0.29, 0.717) is 10.8 Å². The molecule has 2 aromatic rings. The van der Waals surface area contributed by atoms with Crippen LogP contribution in [0.25, 0.3) is 10.6 Å². The van der Waals surface area contributed by atoms with Gasteiger partial charge >= 0.3 is 5.97 Å². The molecule has 4 nitrogen and oxygen atoms in total. The number of aromatic carboxylic acids is 1. The van der Waals surface area contributed by atoms with Crippen molar-refractivity contribution in [3.05, 3.63) is 34.8 Å². The Labute approximate surface area is 109 Å². The van der Waals surface area contributed by atoms with Crippen molar-refractivity contribution < 1.29 is 14.6 Å². The SMILES string of the molecule is CCc1ccc(OC)c(-c2nc(C(=O)O)cs2)c1. The van der Waals surface area contributed by atoms with Crippen LogP contribution in [0.15, 0.2) is 23.6 Å². The Hall–Kier alpha value is -1.88. The van der Waals surface area contributed by atoms with Crippen LogP contribution in [0.1, 0.15) is 23.0 Å². The fourth-order valence-corrected chi connectivity index (χ4v) is 2.45. The third-order valence-corrected chi connectivity index (χ3v) is 3.50. The maximum Gasteiger partial charge on any atom is 0.355 e. The molecule has 0 radical (unpaired) electrons. The predicted molar refractivity (Wildman–Crippen MR) is 70.4 cm³/mol. The molecular weight excluding hydrogens is 250 g/mol. The van der Waals surface area contributed by atoms with Crippen molar-refractivity contribution in [3.63, 3.8) is 0 Å². The number of nitrogens with zero attached hydrogens (tertiary/aromatic N) is 1. The summed E-state index contributed by atoms with van der Waals surface area (Å²) >= 11 is 1.31. The van der Waals surface area contributed by atoms with Crippen molar-refractivity contribution >= 4 is 17.3 Å². The molecule has 0 atom stereocenters. The molecule has 0 aliphatic rings. The maximum absolute atomic E-state index is 10.8. The Bertz CT molecular complexity index is 577. The van der Waals surface area contributed by atoms with Crippen molar-refractivity contribution in [2.75, 3.05) is 7.11 Å². The number of aryl methyl sites for hydroxylation is 1. The molecule has 0 bridgehead atoms. The van der Waals surface area contributed by atoms with Crippen molar-refractivity contribution in [2.45, 2.75) is 13.3 Å². The second-order valence-electron chi connectivity index (χ2n) is 3.73. The van der Waals surface area contributed by atoms with E-state index in [0.717, 1.165) is 17.5 Å². The average molecular weight is 263 g/mol. The number of methoxy groups -OCH3 is 1. The lowest BCUT2D eigenvalue weighted by atomic mass is 10.1. The highest BCUT2D eigenvalue weighted by atomic mass is 32.1. The molecule has 0 amide bonds. The molecule has 0 unspecified atom stereocenters. The molecule has 1 heterocycles. The van der Waals surface area contributed by atoms with Crippen molar-refractivity contribution in [2.24, 2.45) is 0 Å². The molecule has 5 heteroatoms. The van der Waals surface area contributed by atoms with E-state index in [1.807, 2.05) is 18.2 Å². The van der Waals surface area contributed by atoms with Gasteiger partial charge in [0.2, 0.25) is 0 Å². The summed E-state index contributed by atoms with van der Waals surface area (Å²) in [5.41, 5.74) is 2.08. The normalized spacial score (nSPS) is 10.3. The van der Waals surface area contributed by atoms with Crippen molar-refractivity contribution in [1.29, 1.82) is 0 Å². The van der Waals surface area contributed by atoms with E-state index in [1.54, 1.807) is 7.11 Å². The lowest BCUT2D eigenvalue weighted by molar-refractivity contribution is 0.0691. The summed E-state index contributed by atoms with van der Waals surface area (Å²) in [7, 11) is 1.59. The number of carboxylic acid groups (broad SMARTS) is 1. The van der Waals surface area contributed by atoms with Crippen molar-refractivity contribution in [1.82, 2.24) is 4.98 Å². The minimum absolute atomic E-state index is 0.0685. The van der Waals surface area contributed by atoms with Gasteiger partial charge in [0.05, 0.1) is 12.7 Å². The fourth-order valence-electron chi connectivity index (χ4n) is 1.64. The smallest absolute Gasteiger partial charge is 0.355 e. The van der Waals surface area contributed by atoms with Crippen LogP contribution >= 0.6 is 11.3 Å². The second-order valence-corrected chi connectivity index (χ2v) is 4.59. The molecule has 18 heavy (non-hydrogen) atoms. The topological polar surface area (TPSA) is 59.4 Å². The molecule has 1 aromatic carbocycles. The summed E-state index contributed by atoms with van der Waals surface area (Å²) in [6.45, 7) is 2.07. The van der Waals surface area contributed by atoms with Crippen LogP contribution in [0.4, 0.5) is 0 Å². The monoisotopic (exact) mass is 263 g/mol. The fraction of sp³-hybridized carbons (Fsp3) is 0.231. The molecule has 0 aliphatic heterocycles. The summed E-state index contributed by atoms with van der Waals surface area (Å²) in [4.78, 5) is 14.9. The number of ether oxygens (including phenoxy) is 1. The van der Waals surface area contributed by atoms with Gasteiger partial charge in [0.25, 0.3) is 0 Å². The van der Waals surface area contributed by atoms with Crippen LogP contribution in [-0.4, -0.2) is 23.2 Å². The van der Waals surface area contributed by atoms with Crippen LogP contribution in [-0.2, 0) is 6.42 Å². The van der Waals surface area contributed by atoms with Gasteiger partial charge in [-0.15, -0.1) is 11.3 Å². The number of benzene rings is 1. The third kappa shape index (κ3) is 2.36. The predicted octanol–water partition coefficient (Wildman–Crippen LogP) is 3.08. The van der Waals surface area contributed by atoms with E-state index in [2.05, 4.69) is 11.9 Å². The number of thiazole rings is 1. The van der Waals surface area contributed by atoms with Gasteiger partial charge in [-0.25, -0.2) is 9.78 Å². The van der Waals surface area contributed by atoms with E-state index in [4.69, 9.17) is 9.84 Å². The second kappa shape index (κ2) is 5.18. The number of carbonyl (C=O) groups is 1. The summed E-state index contributed by atoms with van der Waals surface area (Å²) in [5.74, 6) is -0.304. The van der Waals surface area contributed by atoms with Gasteiger partial charge < -0.3 is 9.84 Å². The van der Waals surface area contributed by atoms with Gasteiger partial charge in [-0.1, -0.05) is 13.0 Å². The Morgan fingerprint density at radius 3 is 2.83 bits per heavy atom. The zero-order valence-electron chi connectivity index (χ0n) is 10.1. The van der Waals surface area contributed by atoms with Gasteiger partial charge in [0.1, 0.15) is 10.8 Å². The number of aromatic nitrogens is 1. The summed E-state index contributed by atoms with van der Waals surface area (Å²) in [6.07, 6.45) is 0.911. The van der Waals surface area contributed by atoms with Gasteiger partial charge in [-0.05, 0) is 24.1 Å². The largest absolute Gasteiger partial charge is 0.496 e. The Kier molecular flexibility index (Phi) is 3.62. The first-order valence-corrected chi connectivity index (χ1v) is 6.39. The number of rotatable bonds is 4. The zero-order chi connectivity index (χ0) is 13.1. The lowest BCUT2D eigenvalue weighted by Gasteiger charge is -2.07. The van der Waals surface area contributed by atoms with Crippen LogP contribution in [0, 0.1) is 0 Å². The van der Waals surface area contributed by atoms with E-state index < -0.39 is 5.97 Å².